The highest BCUT2D eigenvalue weighted by Gasteiger charge is 2.05. The Morgan fingerprint density at radius 1 is 1.45 bits per heavy atom. The maximum Gasteiger partial charge on any atom is 0.0983 e. The topological polar surface area (TPSA) is 20.2 Å². The molecule has 0 aliphatic heterocycles. The molecule has 1 N–H and O–H groups in total. The molecule has 0 aromatic heterocycles. The summed E-state index contributed by atoms with van der Waals surface area (Å²) in [6.45, 7) is 3.47. The molecule has 1 aromatic carbocycles. The Labute approximate surface area is 70.9 Å². The second kappa shape index (κ2) is 3.56. The molecule has 0 aliphatic carbocycles. The highest BCUT2D eigenvalue weighted by Crippen LogP contribution is 2.22. The van der Waals surface area contributed by atoms with Crippen molar-refractivity contribution in [1.29, 1.82) is 0 Å². The van der Waals surface area contributed by atoms with E-state index in [0.29, 0.717) is 10.6 Å². The van der Waals surface area contributed by atoms with Gasteiger partial charge in [-0.1, -0.05) is 35.9 Å². The molecular weight excluding hydrogens is 160 g/mol. The van der Waals surface area contributed by atoms with E-state index in [1.54, 1.807) is 12.1 Å². The lowest BCUT2D eigenvalue weighted by Gasteiger charge is -2.06. The third-order valence-electron chi connectivity index (χ3n) is 1.45. The molecule has 0 spiro atoms. The van der Waals surface area contributed by atoms with Gasteiger partial charge in [-0.15, -0.1) is 6.58 Å². The molecule has 1 rings (SSSR count). The van der Waals surface area contributed by atoms with Gasteiger partial charge in [0, 0.05) is 10.6 Å². The Hall–Kier alpha value is -0.790. The summed E-state index contributed by atoms with van der Waals surface area (Å²) in [4.78, 5) is 0. The average molecular weight is 169 g/mol. The van der Waals surface area contributed by atoms with Crippen molar-refractivity contribution in [3.63, 3.8) is 0 Å². The zero-order valence-corrected chi connectivity index (χ0v) is 6.75. The summed E-state index contributed by atoms with van der Waals surface area (Å²) in [6, 6.07) is 7.16. The van der Waals surface area contributed by atoms with E-state index in [2.05, 4.69) is 6.58 Å². The molecule has 1 aromatic rings. The van der Waals surface area contributed by atoms with Crippen LogP contribution >= 0.6 is 11.6 Å². The largest absolute Gasteiger partial charge is 0.384 e. The van der Waals surface area contributed by atoms with E-state index in [0.717, 1.165) is 0 Å². The van der Waals surface area contributed by atoms with Gasteiger partial charge >= 0.3 is 0 Å². The van der Waals surface area contributed by atoms with Crippen LogP contribution in [-0.2, 0) is 0 Å². The summed E-state index contributed by atoms with van der Waals surface area (Å²) in [5.41, 5.74) is 0.698. The first-order valence-electron chi connectivity index (χ1n) is 3.30. The summed E-state index contributed by atoms with van der Waals surface area (Å²) in [5, 5.41) is 9.88. The minimum atomic E-state index is -0.663. The van der Waals surface area contributed by atoms with Gasteiger partial charge in [-0.2, -0.15) is 0 Å². The van der Waals surface area contributed by atoms with Crippen molar-refractivity contribution >= 4 is 11.6 Å². The molecule has 0 amide bonds. The number of aliphatic hydroxyl groups excluding tert-OH is 1. The van der Waals surface area contributed by atoms with Crippen LogP contribution in [0.15, 0.2) is 36.9 Å². The molecule has 1 nitrogen and oxygen atoms in total. The number of hydrogen-bond donors (Lipinski definition) is 1. The predicted molar refractivity (Wildman–Crippen MR) is 46.6 cm³/mol. The molecule has 0 saturated heterocycles. The van der Waals surface area contributed by atoms with Crippen LogP contribution in [0.3, 0.4) is 0 Å². The molecule has 1 unspecified atom stereocenters. The lowest BCUT2D eigenvalue weighted by atomic mass is 10.1. The van der Waals surface area contributed by atoms with Gasteiger partial charge in [-0.3, -0.25) is 0 Å². The molecular formula is C9H9ClO. The Bertz CT molecular complexity index is 257. The first kappa shape index (κ1) is 8.31. The van der Waals surface area contributed by atoms with Crippen molar-refractivity contribution in [2.24, 2.45) is 0 Å². The van der Waals surface area contributed by atoms with E-state index in [4.69, 9.17) is 11.6 Å². The van der Waals surface area contributed by atoms with Gasteiger partial charge in [0.25, 0.3) is 0 Å². The maximum absolute atomic E-state index is 9.31. The zero-order chi connectivity index (χ0) is 8.27. The number of aliphatic hydroxyl groups is 1. The maximum atomic E-state index is 9.31. The lowest BCUT2D eigenvalue weighted by Crippen LogP contribution is -1.92. The molecule has 58 valence electrons. The molecule has 1 atom stereocenters. The van der Waals surface area contributed by atoms with Gasteiger partial charge in [0.1, 0.15) is 0 Å². The molecule has 0 bridgehead atoms. The summed E-state index contributed by atoms with van der Waals surface area (Å²) >= 11 is 5.79. The van der Waals surface area contributed by atoms with Gasteiger partial charge in [-0.05, 0) is 6.07 Å². The van der Waals surface area contributed by atoms with Crippen molar-refractivity contribution in [3.05, 3.63) is 47.5 Å². The number of hydrogen-bond acceptors (Lipinski definition) is 1. The molecule has 0 aliphatic rings. The first-order valence-corrected chi connectivity index (χ1v) is 3.68. The second-order valence-electron chi connectivity index (χ2n) is 2.20. The number of rotatable bonds is 2. The smallest absolute Gasteiger partial charge is 0.0983 e. The van der Waals surface area contributed by atoms with Gasteiger partial charge < -0.3 is 5.11 Å². The van der Waals surface area contributed by atoms with E-state index in [1.165, 1.54) is 6.08 Å². The Morgan fingerprint density at radius 2 is 2.09 bits per heavy atom. The van der Waals surface area contributed by atoms with Crippen LogP contribution in [0.25, 0.3) is 0 Å². The fourth-order valence-electron chi connectivity index (χ4n) is 0.842. The van der Waals surface area contributed by atoms with Gasteiger partial charge in [0.2, 0.25) is 0 Å². The molecule has 0 fully saturated rings. The Morgan fingerprint density at radius 3 is 2.64 bits per heavy atom. The van der Waals surface area contributed by atoms with E-state index >= 15 is 0 Å². The van der Waals surface area contributed by atoms with Gasteiger partial charge in [0.05, 0.1) is 6.10 Å². The first-order chi connectivity index (χ1) is 5.25. The summed E-state index contributed by atoms with van der Waals surface area (Å²) in [7, 11) is 0. The standard InChI is InChI=1S/C9H9ClO/c1-2-9(11)7-5-3-4-6-8(7)10/h2-6,9,11H,1H2. The van der Waals surface area contributed by atoms with Crippen LogP contribution < -0.4 is 0 Å². The van der Waals surface area contributed by atoms with Crippen LogP contribution in [-0.4, -0.2) is 5.11 Å². The van der Waals surface area contributed by atoms with Crippen LogP contribution in [0.2, 0.25) is 5.02 Å². The van der Waals surface area contributed by atoms with Crippen molar-refractivity contribution in [3.8, 4) is 0 Å². The van der Waals surface area contributed by atoms with Crippen LogP contribution in [0.4, 0.5) is 0 Å². The van der Waals surface area contributed by atoms with Crippen molar-refractivity contribution < 1.29 is 5.11 Å². The molecule has 11 heavy (non-hydrogen) atoms. The lowest BCUT2D eigenvalue weighted by molar-refractivity contribution is 0.229. The summed E-state index contributed by atoms with van der Waals surface area (Å²) in [6.07, 6.45) is 0.782. The minimum Gasteiger partial charge on any atom is -0.384 e. The average Bonchev–Trinajstić information content (AvgIpc) is 2.04. The van der Waals surface area contributed by atoms with Crippen molar-refractivity contribution in [1.82, 2.24) is 0 Å². The molecule has 0 radical (unpaired) electrons. The van der Waals surface area contributed by atoms with E-state index in [9.17, 15) is 5.11 Å². The monoisotopic (exact) mass is 168 g/mol. The second-order valence-corrected chi connectivity index (χ2v) is 2.61. The van der Waals surface area contributed by atoms with Gasteiger partial charge in [-0.25, -0.2) is 0 Å². The van der Waals surface area contributed by atoms with Gasteiger partial charge in [0.15, 0.2) is 0 Å². The Balaban J connectivity index is 3.02. The highest BCUT2D eigenvalue weighted by molar-refractivity contribution is 6.31. The molecule has 2 heteroatoms. The fourth-order valence-corrected chi connectivity index (χ4v) is 1.09. The van der Waals surface area contributed by atoms with E-state index in [-0.39, 0.29) is 0 Å². The predicted octanol–water partition coefficient (Wildman–Crippen LogP) is 2.56. The van der Waals surface area contributed by atoms with Crippen LogP contribution in [0, 0.1) is 0 Å². The molecule has 0 saturated carbocycles. The number of benzene rings is 1. The Kier molecular flexibility index (Phi) is 2.69. The van der Waals surface area contributed by atoms with Crippen molar-refractivity contribution in [2.45, 2.75) is 6.10 Å². The quantitative estimate of drug-likeness (QED) is 0.673. The van der Waals surface area contributed by atoms with Crippen LogP contribution in [0.1, 0.15) is 11.7 Å². The number of halogens is 1. The minimum absolute atomic E-state index is 0.569. The third kappa shape index (κ3) is 1.82. The normalized spacial score (nSPS) is 12.5. The highest BCUT2D eigenvalue weighted by atomic mass is 35.5. The van der Waals surface area contributed by atoms with Crippen molar-refractivity contribution in [2.75, 3.05) is 0 Å². The third-order valence-corrected chi connectivity index (χ3v) is 1.79. The SMILES string of the molecule is C=CC(O)c1ccccc1Cl. The summed E-state index contributed by atoms with van der Waals surface area (Å²) < 4.78 is 0. The zero-order valence-electron chi connectivity index (χ0n) is 6.00. The van der Waals surface area contributed by atoms with E-state index < -0.39 is 6.10 Å². The fraction of sp³-hybridized carbons (Fsp3) is 0.111. The summed E-state index contributed by atoms with van der Waals surface area (Å²) in [5.74, 6) is 0. The van der Waals surface area contributed by atoms with Crippen LogP contribution in [0.5, 0.6) is 0 Å². The molecule has 0 heterocycles. The van der Waals surface area contributed by atoms with E-state index in [1.807, 2.05) is 12.1 Å².